The lowest BCUT2D eigenvalue weighted by molar-refractivity contribution is 0.668. The first-order valence-electron chi connectivity index (χ1n) is 49.2. The minimum absolute atomic E-state index is 0.603. The lowest BCUT2D eigenvalue weighted by Crippen LogP contribution is -2.00. The predicted octanol–water partition coefficient (Wildman–Crippen LogP) is 35.4. The Bertz CT molecular complexity index is 9660. The third-order valence-corrected chi connectivity index (χ3v) is 27.4. The van der Waals surface area contributed by atoms with E-state index in [9.17, 15) is 0 Å². The van der Waals surface area contributed by atoms with Crippen molar-refractivity contribution in [3.05, 3.63) is 516 Å². The minimum Gasteiger partial charge on any atom is -0.456 e. The largest absolute Gasteiger partial charge is 0.456 e. The van der Waals surface area contributed by atoms with Gasteiger partial charge in [-0.05, 0) is 177 Å². The summed E-state index contributed by atoms with van der Waals surface area (Å²) in [6, 6.07) is 178. The highest BCUT2D eigenvalue weighted by Crippen LogP contribution is 2.46. The molecule has 0 aliphatic heterocycles. The van der Waals surface area contributed by atoms with Gasteiger partial charge in [0, 0.05) is 82.4 Å². The van der Waals surface area contributed by atoms with Gasteiger partial charge in [0.1, 0.15) is 33.5 Å². The number of rotatable bonds is 16. The molecule has 0 amide bonds. The predicted molar refractivity (Wildman–Crippen MR) is 601 cm³/mol. The molecule has 688 valence electrons. The van der Waals surface area contributed by atoms with Gasteiger partial charge in [-0.2, -0.15) is 0 Å². The van der Waals surface area contributed by atoms with Crippen molar-refractivity contribution in [2.75, 3.05) is 0 Å². The molecule has 12 heteroatoms. The van der Waals surface area contributed by atoms with E-state index in [2.05, 4.69) is 297 Å². The first kappa shape index (κ1) is 87.3. The van der Waals surface area contributed by atoms with Crippen LogP contribution in [-0.2, 0) is 0 Å². The molecule has 6 heterocycles. The van der Waals surface area contributed by atoms with Crippen LogP contribution in [0.15, 0.2) is 529 Å². The second-order valence-electron chi connectivity index (χ2n) is 36.5. The SMILES string of the molecule is c1ccc(-c2nc(-c3ccccc3)nc(-c3cccc4oc5ccc(-c6ccc(-c7ccc8ccccc8c7)cc6)cc5c34)n2)cc1.c1ccc(-c2nc(-c3ccccc3)nc(-c3cccc4oc5ccc(-c6ccc(-c7cccc8c(-c9ccccc9)cccc78)cc6)cc5c34)n2)cc1.c1ccc(-c2nc(-c3ccccc3)nc(-c3cccc4oc5ccc(-c6cccc(-c7cccc8ccccc78)c6)cc5c34)n2)cc1. The van der Waals surface area contributed by atoms with Crippen LogP contribution in [0.5, 0.6) is 0 Å². The highest BCUT2D eigenvalue weighted by molar-refractivity contribution is 6.16. The first-order chi connectivity index (χ1) is 72.8. The van der Waals surface area contributed by atoms with E-state index in [1.807, 2.05) is 218 Å². The van der Waals surface area contributed by atoms with Crippen LogP contribution >= 0.6 is 0 Å². The molecule has 0 N–H and O–H groups in total. The van der Waals surface area contributed by atoms with E-state index in [-0.39, 0.29) is 0 Å². The zero-order chi connectivity index (χ0) is 97.5. The number of aromatic nitrogens is 9. The lowest BCUT2D eigenvalue weighted by atomic mass is 9.92. The van der Waals surface area contributed by atoms with E-state index in [0.29, 0.717) is 52.4 Å². The fraction of sp³-hybridized carbons (Fsp3) is 0. The molecule has 28 aromatic rings. The van der Waals surface area contributed by atoms with Crippen LogP contribution in [0.2, 0.25) is 0 Å². The highest BCUT2D eigenvalue weighted by atomic mass is 16.3. The van der Waals surface area contributed by atoms with Crippen LogP contribution < -0.4 is 0 Å². The van der Waals surface area contributed by atoms with Crippen molar-refractivity contribution in [3.63, 3.8) is 0 Å². The Balaban J connectivity index is 0.000000112. The molecule has 0 aliphatic rings. The quantitative estimate of drug-likeness (QED) is 0.0904. The summed E-state index contributed by atoms with van der Waals surface area (Å²) < 4.78 is 19.2. The van der Waals surface area contributed by atoms with E-state index in [1.165, 1.54) is 76.8 Å². The Hall–Kier alpha value is -20.0. The smallest absolute Gasteiger partial charge is 0.164 e. The summed E-state index contributed by atoms with van der Waals surface area (Å²) in [5.74, 6) is 5.59. The molecule has 0 fully saturated rings. The summed E-state index contributed by atoms with van der Waals surface area (Å²) in [6.45, 7) is 0. The van der Waals surface area contributed by atoms with E-state index in [0.717, 1.165) is 149 Å². The molecule has 0 saturated heterocycles. The number of benzene rings is 22. The van der Waals surface area contributed by atoms with Gasteiger partial charge in [0.05, 0.1) is 0 Å². The Labute approximate surface area is 846 Å². The molecule has 22 aromatic carbocycles. The van der Waals surface area contributed by atoms with Gasteiger partial charge in [0.15, 0.2) is 52.4 Å². The average Bonchev–Trinajstić information content (AvgIpc) is 1.61. The maximum Gasteiger partial charge on any atom is 0.164 e. The molecule has 0 aliphatic carbocycles. The van der Waals surface area contributed by atoms with Gasteiger partial charge in [0.2, 0.25) is 0 Å². The minimum atomic E-state index is 0.603. The number of nitrogens with zero attached hydrogens (tertiary/aromatic N) is 9. The van der Waals surface area contributed by atoms with Crippen molar-refractivity contribution < 1.29 is 13.3 Å². The average molecular weight is 1880 g/mol. The summed E-state index contributed by atoms with van der Waals surface area (Å²) in [4.78, 5) is 44.8. The highest BCUT2D eigenvalue weighted by Gasteiger charge is 2.25. The van der Waals surface area contributed by atoms with Gasteiger partial charge >= 0.3 is 0 Å². The molecule has 0 bridgehead atoms. The van der Waals surface area contributed by atoms with Crippen LogP contribution in [-0.4, -0.2) is 44.9 Å². The molecule has 28 rings (SSSR count). The van der Waals surface area contributed by atoms with E-state index >= 15 is 0 Å². The van der Waals surface area contributed by atoms with Crippen molar-refractivity contribution in [2.24, 2.45) is 0 Å². The fourth-order valence-electron chi connectivity index (χ4n) is 20.2. The first-order valence-corrected chi connectivity index (χ1v) is 49.2. The Morgan fingerprint density at radius 2 is 0.340 bits per heavy atom. The van der Waals surface area contributed by atoms with Crippen molar-refractivity contribution in [1.82, 2.24) is 44.9 Å². The number of furan rings is 3. The number of hydrogen-bond donors (Lipinski definition) is 0. The molecule has 12 nitrogen and oxygen atoms in total. The summed E-state index contributed by atoms with van der Waals surface area (Å²) in [5.41, 5.74) is 29.6. The van der Waals surface area contributed by atoms with Gasteiger partial charge in [0.25, 0.3) is 0 Å². The maximum atomic E-state index is 6.42. The van der Waals surface area contributed by atoms with E-state index in [1.54, 1.807) is 0 Å². The van der Waals surface area contributed by atoms with E-state index in [4.69, 9.17) is 58.1 Å². The van der Waals surface area contributed by atoms with Gasteiger partial charge in [-0.15, -0.1) is 0 Å². The molecule has 147 heavy (non-hydrogen) atoms. The molecule has 0 saturated carbocycles. The molecule has 0 radical (unpaired) electrons. The summed E-state index contributed by atoms with van der Waals surface area (Å²) >= 11 is 0. The lowest BCUT2D eigenvalue weighted by Gasteiger charge is -2.12. The van der Waals surface area contributed by atoms with Gasteiger partial charge in [-0.1, -0.05) is 449 Å². The summed E-state index contributed by atoms with van der Waals surface area (Å²) in [6.07, 6.45) is 0. The number of fused-ring (bicyclic) bond motifs is 12. The summed E-state index contributed by atoms with van der Waals surface area (Å²) in [5, 5.41) is 13.5. The Morgan fingerprint density at radius 1 is 0.109 bits per heavy atom. The topological polar surface area (TPSA) is 155 Å². The van der Waals surface area contributed by atoms with Crippen LogP contribution in [0.4, 0.5) is 0 Å². The fourth-order valence-corrected chi connectivity index (χ4v) is 20.2. The van der Waals surface area contributed by atoms with Crippen LogP contribution in [0, 0.1) is 0 Å². The zero-order valence-electron chi connectivity index (χ0n) is 79.3. The van der Waals surface area contributed by atoms with Gasteiger partial charge in [-0.3, -0.25) is 0 Å². The molecular formula is C135H85N9O3. The molecule has 0 unspecified atom stereocenters. The van der Waals surface area contributed by atoms with Crippen molar-refractivity contribution in [2.45, 2.75) is 0 Å². The van der Waals surface area contributed by atoms with Gasteiger partial charge < -0.3 is 13.3 Å². The normalized spacial score (nSPS) is 11.4. The maximum absolute atomic E-state index is 6.42. The standard InChI is InChI=1S/C49H31N3O.2C43H27N3O/c1-4-13-33(14-5-1)38-19-10-22-41-39(20-11-21-40(38)41)34-27-25-32(26-28-34)37-29-30-44-43(31-37)46-42(23-12-24-45(46)53-44)49-51-47(35-15-6-2-7-16-35)50-48(52-49)36-17-8-3-9-18-36;1-3-13-29(14-4-1)41-44-42(30-15-5-2-6-16-30)46-43(45-41)36-22-11-23-39-40(36)37-27-32(24-25-38(37)47-39)31-18-9-19-33(26-31)35-21-10-17-28-12-7-8-20-34(28)35;1-3-11-31(12-4-1)41-44-42(32-13-5-2-6-14-32)46-43(45-41)36-16-9-17-39-40(36)37-27-35(24-25-38(37)47-39)30-20-18-29(19-21-30)34-23-22-28-10-7-8-15-33(28)26-34/h1-31H;2*1-27H. The molecular weight excluding hydrogens is 1800 g/mol. The van der Waals surface area contributed by atoms with E-state index < -0.39 is 0 Å². The van der Waals surface area contributed by atoms with Gasteiger partial charge in [-0.25, -0.2) is 44.9 Å². The third kappa shape index (κ3) is 17.2. The van der Waals surface area contributed by atoms with Crippen LogP contribution in [0.1, 0.15) is 0 Å². The van der Waals surface area contributed by atoms with Crippen LogP contribution in [0.3, 0.4) is 0 Å². The third-order valence-electron chi connectivity index (χ3n) is 27.4. The monoisotopic (exact) mass is 1880 g/mol. The van der Waals surface area contributed by atoms with Crippen molar-refractivity contribution >= 4 is 98.1 Å². The Kier molecular flexibility index (Phi) is 22.7. The molecule has 0 spiro atoms. The Morgan fingerprint density at radius 3 is 0.721 bits per heavy atom. The molecule has 6 aromatic heterocycles. The van der Waals surface area contributed by atoms with Crippen molar-refractivity contribution in [3.8, 4) is 180 Å². The zero-order valence-corrected chi connectivity index (χ0v) is 79.3. The number of hydrogen-bond acceptors (Lipinski definition) is 12. The van der Waals surface area contributed by atoms with Crippen molar-refractivity contribution in [1.29, 1.82) is 0 Å². The van der Waals surface area contributed by atoms with Crippen LogP contribution in [0.25, 0.3) is 279 Å². The summed E-state index contributed by atoms with van der Waals surface area (Å²) in [7, 11) is 0. The second-order valence-corrected chi connectivity index (χ2v) is 36.5. The second kappa shape index (κ2) is 38.2. The molecule has 0 atom stereocenters.